The van der Waals surface area contributed by atoms with Gasteiger partial charge in [-0.25, -0.2) is 9.78 Å². The Bertz CT molecular complexity index is 2710. The number of oxazole rings is 1. The van der Waals surface area contributed by atoms with Crippen molar-refractivity contribution >= 4 is 47.2 Å². The molecule has 0 saturated carbocycles. The average Bonchev–Trinajstić information content (AvgIpc) is 3.90. The van der Waals surface area contributed by atoms with Crippen LogP contribution in [0.1, 0.15) is 74.5 Å². The van der Waals surface area contributed by atoms with E-state index in [1.165, 1.54) is 29.7 Å². The number of benzene rings is 2. The molecule has 7 rings (SSSR count). The molecule has 404 valence electrons. The van der Waals surface area contributed by atoms with Gasteiger partial charge in [-0.05, 0) is 83.7 Å². The zero-order valence-electron chi connectivity index (χ0n) is 42.9. The molecule has 2 aliphatic heterocycles. The molecule has 1 saturated heterocycles. The molecule has 3 aromatic heterocycles. The Kier molecular flexibility index (Phi) is 20.3. The third-order valence-corrected chi connectivity index (χ3v) is 13.8. The van der Waals surface area contributed by atoms with Crippen molar-refractivity contribution in [1.29, 1.82) is 0 Å². The minimum absolute atomic E-state index is 0.00476. The van der Waals surface area contributed by atoms with Gasteiger partial charge in [-0.15, -0.1) is 23.5 Å². The third-order valence-electron chi connectivity index (χ3n) is 12.4. The van der Waals surface area contributed by atoms with Crippen LogP contribution in [0.25, 0.3) is 11.3 Å². The molecule has 0 radical (unpaired) electrons. The fraction of sp³-hybridized carbons (Fsp3) is 0.453. The lowest BCUT2D eigenvalue weighted by atomic mass is 9.90. The van der Waals surface area contributed by atoms with Crippen LogP contribution in [0.4, 0.5) is 18.0 Å². The Morgan fingerprint density at radius 1 is 0.880 bits per heavy atom. The number of hydrogen-bond acceptors (Lipinski definition) is 16. The fourth-order valence-corrected chi connectivity index (χ4v) is 9.31. The van der Waals surface area contributed by atoms with E-state index in [4.69, 9.17) is 13.9 Å². The lowest BCUT2D eigenvalue weighted by Gasteiger charge is -2.46. The highest BCUT2D eigenvalue weighted by molar-refractivity contribution is 7.98. The third kappa shape index (κ3) is 17.0. The number of halogens is 3. The summed E-state index contributed by atoms with van der Waals surface area (Å²) in [5.41, 5.74) is 1.26. The first-order valence-corrected chi connectivity index (χ1v) is 26.7. The second-order valence-corrected chi connectivity index (χ2v) is 21.3. The van der Waals surface area contributed by atoms with Gasteiger partial charge in [-0.2, -0.15) is 13.2 Å². The Balaban J connectivity index is 0.000000406. The van der Waals surface area contributed by atoms with E-state index in [0.717, 1.165) is 20.9 Å². The second kappa shape index (κ2) is 26.1. The minimum Gasteiger partial charge on any atom is -0.490 e. The molecule has 2 aromatic carbocycles. The van der Waals surface area contributed by atoms with Crippen molar-refractivity contribution in [2.75, 3.05) is 58.4 Å². The number of nitrogens with one attached hydrogen (secondary N) is 3. The lowest BCUT2D eigenvalue weighted by molar-refractivity contribution is -0.144. The van der Waals surface area contributed by atoms with Crippen molar-refractivity contribution in [3.63, 3.8) is 0 Å². The number of alkyl carbamates (subject to hydrolysis) is 1. The standard InChI is InChI=1S/C40H47F3N6O6S.C13H18N2O3S/c1-39(2,38-45-20-34(55-38)27-17-29(56-3)19-44-18-27)49-14-13-48(31(22-49)37(53)46-24-40(41,42)43)21-28(50)16-26(15-25-9-5-4-6-10-25)36(52)47-35-30-11-7-8-12-33(30)54-23-32(35)51;1-13(2,3)18-12(17)15-8-11(16)9-5-10(19-4)7-14-6-9/h4-12,17-20,26,28,31-32,35,50-51H,13-16,21-24H2,1-3H3,(H,46,53)(H,47,52);5-7H,8H2,1-4H3,(H,15,17)/t26-,28+,31+,32-,35+;/m1./s1. The van der Waals surface area contributed by atoms with Gasteiger partial charge in [0.2, 0.25) is 17.7 Å². The number of rotatable bonds is 18. The number of ether oxygens (including phenoxy) is 2. The van der Waals surface area contributed by atoms with Crippen molar-refractivity contribution in [3.05, 3.63) is 120 Å². The number of hydrogen-bond donors (Lipinski definition) is 5. The number of amides is 3. The molecule has 5 heterocycles. The Labute approximate surface area is 443 Å². The van der Waals surface area contributed by atoms with Crippen LogP contribution < -0.4 is 20.7 Å². The average molecular weight is 1080 g/mol. The number of para-hydroxylation sites is 1. The van der Waals surface area contributed by atoms with Crippen LogP contribution in [0.3, 0.4) is 0 Å². The highest BCUT2D eigenvalue weighted by Gasteiger charge is 2.43. The molecule has 2 aliphatic rings. The van der Waals surface area contributed by atoms with Crippen molar-refractivity contribution in [2.24, 2.45) is 5.92 Å². The van der Waals surface area contributed by atoms with E-state index < -0.39 is 66.1 Å². The molecule has 0 bridgehead atoms. The summed E-state index contributed by atoms with van der Waals surface area (Å²) in [5, 5.41) is 29.8. The van der Waals surface area contributed by atoms with Crippen LogP contribution in [-0.4, -0.2) is 147 Å². The number of alkyl halides is 3. The molecule has 3 amide bonds. The van der Waals surface area contributed by atoms with E-state index >= 15 is 0 Å². The maximum absolute atomic E-state index is 14.0. The second-order valence-electron chi connectivity index (χ2n) is 19.6. The molecule has 5 atom stereocenters. The maximum atomic E-state index is 14.0. The van der Waals surface area contributed by atoms with E-state index in [-0.39, 0.29) is 57.3 Å². The van der Waals surface area contributed by atoms with E-state index in [1.54, 1.807) is 80.8 Å². The van der Waals surface area contributed by atoms with Gasteiger partial charge in [-0.3, -0.25) is 34.2 Å². The quantitative estimate of drug-likeness (QED) is 0.0437. The SMILES string of the molecule is CSc1cncc(-c2cnc(C(C)(C)N3CCN(C[C@@H](O)C[C@@H](Cc4ccccc4)C(=O)N[C@H]4c5ccccc5OC[C@H]4O)[C@H](C(=O)NCC(F)(F)F)C3)o2)c1.CSc1cncc(C(=O)CNC(=O)OC(C)(C)C)c1. The molecular formula is C53H65F3N8O9S2. The van der Waals surface area contributed by atoms with E-state index in [2.05, 4.69) is 25.6 Å². The highest BCUT2D eigenvalue weighted by atomic mass is 32.2. The highest BCUT2D eigenvalue weighted by Crippen LogP contribution is 2.35. The maximum Gasteiger partial charge on any atom is 0.408 e. The smallest absolute Gasteiger partial charge is 0.408 e. The number of carbonyl (C=O) groups is 4. The zero-order chi connectivity index (χ0) is 54.5. The van der Waals surface area contributed by atoms with Gasteiger partial charge in [0.15, 0.2) is 11.5 Å². The number of carbonyl (C=O) groups excluding carboxylic acids is 4. The van der Waals surface area contributed by atoms with Gasteiger partial charge in [0.05, 0.1) is 30.4 Å². The first-order valence-electron chi connectivity index (χ1n) is 24.2. The summed E-state index contributed by atoms with van der Waals surface area (Å²) in [6.07, 6.45) is 4.92. The number of pyridine rings is 2. The van der Waals surface area contributed by atoms with Crippen molar-refractivity contribution < 1.29 is 56.5 Å². The number of β-amino-alcohol motifs (C(OH)–C–C–N with tert-alkyl or cyclic N) is 1. The number of nitrogens with zero attached hydrogens (tertiary/aromatic N) is 5. The monoisotopic (exact) mass is 1080 g/mol. The molecule has 1 fully saturated rings. The van der Waals surface area contributed by atoms with Crippen LogP contribution in [-0.2, 0) is 26.3 Å². The van der Waals surface area contributed by atoms with Gasteiger partial charge in [-0.1, -0.05) is 48.5 Å². The number of ketones is 1. The van der Waals surface area contributed by atoms with Crippen LogP contribution in [0.5, 0.6) is 5.75 Å². The summed E-state index contributed by atoms with van der Waals surface area (Å²) >= 11 is 3.04. The lowest BCUT2D eigenvalue weighted by Crippen LogP contribution is -2.63. The number of piperazine rings is 1. The van der Waals surface area contributed by atoms with Crippen LogP contribution >= 0.6 is 23.5 Å². The summed E-state index contributed by atoms with van der Waals surface area (Å²) in [7, 11) is 0. The van der Waals surface area contributed by atoms with Gasteiger partial charge in [0, 0.05) is 83.4 Å². The van der Waals surface area contributed by atoms with Crippen molar-refractivity contribution in [3.8, 4) is 17.1 Å². The molecule has 5 aromatic rings. The van der Waals surface area contributed by atoms with Gasteiger partial charge < -0.3 is 40.1 Å². The molecule has 17 nitrogen and oxygen atoms in total. The Morgan fingerprint density at radius 2 is 1.56 bits per heavy atom. The first kappa shape index (κ1) is 58.2. The molecule has 0 unspecified atom stereocenters. The fourth-order valence-electron chi connectivity index (χ4n) is 8.49. The number of fused-ring (bicyclic) bond motifs is 1. The Hall–Kier alpha value is -6.04. The number of aliphatic hydroxyl groups is 2. The first-order chi connectivity index (χ1) is 35.5. The molecule has 22 heteroatoms. The number of Topliss-reactive ketones (excluding diaryl/α,β-unsaturated/α-hetero) is 1. The van der Waals surface area contributed by atoms with E-state index in [9.17, 15) is 42.6 Å². The molecule has 75 heavy (non-hydrogen) atoms. The van der Waals surface area contributed by atoms with Crippen LogP contribution in [0.15, 0.2) is 112 Å². The number of thioether (sulfide) groups is 2. The Morgan fingerprint density at radius 3 is 2.25 bits per heavy atom. The molecular weight excluding hydrogens is 1010 g/mol. The van der Waals surface area contributed by atoms with Gasteiger partial charge >= 0.3 is 12.3 Å². The molecule has 5 N–H and O–H groups in total. The molecule has 0 spiro atoms. The minimum atomic E-state index is -4.62. The van der Waals surface area contributed by atoms with E-state index in [0.29, 0.717) is 35.1 Å². The normalized spacial score (nSPS) is 18.0. The van der Waals surface area contributed by atoms with Crippen molar-refractivity contribution in [2.45, 2.75) is 98.9 Å². The summed E-state index contributed by atoms with van der Waals surface area (Å²) in [6, 6.07) is 18.3. The zero-order valence-corrected chi connectivity index (χ0v) is 44.6. The summed E-state index contributed by atoms with van der Waals surface area (Å²) in [4.78, 5) is 69.0. The number of aromatic nitrogens is 3. The van der Waals surface area contributed by atoms with Gasteiger partial charge in [0.25, 0.3) is 0 Å². The summed E-state index contributed by atoms with van der Waals surface area (Å²) in [5.74, 6) is -0.761. The predicted octanol–water partition coefficient (Wildman–Crippen LogP) is 7.09. The van der Waals surface area contributed by atoms with Crippen LogP contribution in [0.2, 0.25) is 0 Å². The topological polar surface area (TPSA) is 222 Å². The van der Waals surface area contributed by atoms with Crippen LogP contribution in [0, 0.1) is 5.92 Å². The summed E-state index contributed by atoms with van der Waals surface area (Å²) < 4.78 is 56.7. The largest absolute Gasteiger partial charge is 0.490 e. The predicted molar refractivity (Wildman–Crippen MR) is 278 cm³/mol. The number of aliphatic hydroxyl groups excluding tert-OH is 2. The molecule has 0 aliphatic carbocycles. The summed E-state index contributed by atoms with van der Waals surface area (Å²) in [6.45, 7) is 7.95. The van der Waals surface area contributed by atoms with Crippen molar-refractivity contribution in [1.82, 2.24) is 40.7 Å². The van der Waals surface area contributed by atoms with E-state index in [1.807, 2.05) is 73.0 Å². The van der Waals surface area contributed by atoms with Gasteiger partial charge in [0.1, 0.15) is 36.6 Å².